The molecule has 1 amide bonds. The van der Waals surface area contributed by atoms with Gasteiger partial charge < -0.3 is 10.6 Å². The molecule has 4 nitrogen and oxygen atoms in total. The van der Waals surface area contributed by atoms with Crippen LogP contribution in [-0.4, -0.2) is 31.3 Å². The molecule has 0 aromatic rings. The van der Waals surface area contributed by atoms with Gasteiger partial charge in [-0.05, 0) is 19.5 Å². The molecule has 4 heteroatoms. The molecule has 2 N–H and O–H groups in total. The van der Waals surface area contributed by atoms with Crippen molar-refractivity contribution in [2.24, 2.45) is 0 Å². The van der Waals surface area contributed by atoms with Crippen molar-refractivity contribution in [2.75, 3.05) is 19.6 Å². The molecule has 0 bridgehead atoms. The minimum atomic E-state index is -0.0373. The van der Waals surface area contributed by atoms with Crippen molar-refractivity contribution in [3.63, 3.8) is 0 Å². The highest BCUT2D eigenvalue weighted by Crippen LogP contribution is 1.87. The zero-order chi connectivity index (χ0) is 12.8. The van der Waals surface area contributed by atoms with Crippen LogP contribution in [0.25, 0.3) is 0 Å². The number of carbonyl (C=O) groups is 2. The first-order chi connectivity index (χ1) is 7.70. The van der Waals surface area contributed by atoms with E-state index >= 15 is 0 Å². The highest BCUT2D eigenvalue weighted by atomic mass is 16.2. The number of ketones is 1. The first-order valence-corrected chi connectivity index (χ1v) is 6.19. The van der Waals surface area contributed by atoms with Crippen LogP contribution in [0, 0.1) is 0 Å². The maximum atomic E-state index is 11.1. The molecule has 0 saturated carbocycles. The average molecular weight is 234 g/mol. The van der Waals surface area contributed by atoms with E-state index in [4.69, 9.17) is 0 Å². The van der Waals surface area contributed by atoms with Gasteiger partial charge in [0, 0.05) is 15.7 Å². The third-order valence-corrected chi connectivity index (χ3v) is 1.88. The molecular weight excluding hydrogens is 204 g/mol. The van der Waals surface area contributed by atoms with Gasteiger partial charge in [-0.15, -0.1) is 0 Å². The van der Waals surface area contributed by atoms with E-state index in [0.29, 0.717) is 12.8 Å². The lowest BCUT2D eigenvalue weighted by atomic mass is 10.2. The molecule has 0 spiro atoms. The number of rotatable bonds is 8. The number of nitrogens with one attached hydrogen (secondary N) is 2. The highest BCUT2D eigenvalue weighted by Gasteiger charge is 2.02. The van der Waals surface area contributed by atoms with Gasteiger partial charge in [0.25, 0.3) is 0 Å². The Hall–Kier alpha value is -0.900. The van der Waals surface area contributed by atoms with Crippen LogP contribution in [0.4, 0.5) is 0 Å². The number of Topliss-reactive ketones (excluding diaryl/α,β-unsaturated/α-hetero) is 1. The van der Waals surface area contributed by atoms with Gasteiger partial charge in [-0.25, -0.2) is 0 Å². The van der Waals surface area contributed by atoms with E-state index in [0.717, 1.165) is 19.5 Å². The number of amides is 1. The summed E-state index contributed by atoms with van der Waals surface area (Å²) in [5, 5.41) is 5.73. The van der Waals surface area contributed by atoms with Crippen molar-refractivity contribution in [2.45, 2.75) is 47.0 Å². The molecule has 100 valence electrons. The van der Waals surface area contributed by atoms with Crippen molar-refractivity contribution in [1.82, 2.24) is 10.6 Å². The minimum Gasteiger partial charge on any atom is -0.349 e. The smallest absolute Gasteiger partial charge is 0.220 e. The van der Waals surface area contributed by atoms with E-state index in [2.05, 4.69) is 10.6 Å². The number of hydrogen-bond donors (Lipinski definition) is 2. The van der Waals surface area contributed by atoms with Gasteiger partial charge in [0.15, 0.2) is 5.78 Å². The summed E-state index contributed by atoms with van der Waals surface area (Å²) in [4.78, 5) is 22.0. The molecular formula is C12H30N2O2. The summed E-state index contributed by atoms with van der Waals surface area (Å²) in [6.07, 6.45) is 1.79. The van der Waals surface area contributed by atoms with Crippen LogP contribution >= 0.6 is 0 Å². The van der Waals surface area contributed by atoms with Crippen molar-refractivity contribution < 1.29 is 12.4 Å². The van der Waals surface area contributed by atoms with E-state index in [1.165, 1.54) is 0 Å². The molecule has 0 unspecified atom stereocenters. The van der Waals surface area contributed by atoms with E-state index in [-0.39, 0.29) is 21.1 Å². The van der Waals surface area contributed by atoms with Crippen LogP contribution in [0.1, 0.15) is 49.8 Å². The maximum Gasteiger partial charge on any atom is 0.220 e. The fourth-order valence-corrected chi connectivity index (χ4v) is 0.961. The molecule has 0 aliphatic heterocycles. The summed E-state index contributed by atoms with van der Waals surface area (Å²) in [6.45, 7) is 9.78. The normalized spacial score (nSPS) is 9.00. The highest BCUT2D eigenvalue weighted by molar-refractivity contribution is 5.85. The zero-order valence-electron chi connectivity index (χ0n) is 11.1. The molecule has 0 aromatic heterocycles. The molecule has 0 aliphatic rings. The third kappa shape index (κ3) is 13.1. The van der Waals surface area contributed by atoms with E-state index in [1.807, 2.05) is 20.8 Å². The average Bonchev–Trinajstić information content (AvgIpc) is 2.34. The number of hydrogen-bond acceptors (Lipinski definition) is 3. The van der Waals surface area contributed by atoms with Crippen LogP contribution in [0.3, 0.4) is 0 Å². The predicted molar refractivity (Wildman–Crippen MR) is 71.7 cm³/mol. The van der Waals surface area contributed by atoms with Gasteiger partial charge in [0.05, 0.1) is 6.54 Å². The Morgan fingerprint density at radius 2 is 1.81 bits per heavy atom. The van der Waals surface area contributed by atoms with Gasteiger partial charge in [-0.1, -0.05) is 27.7 Å². The Morgan fingerprint density at radius 3 is 2.31 bits per heavy atom. The molecule has 0 aliphatic carbocycles. The summed E-state index contributed by atoms with van der Waals surface area (Å²) >= 11 is 0. The second kappa shape index (κ2) is 14.1. The molecule has 0 fully saturated rings. The fraction of sp³-hybridized carbons (Fsp3) is 0.833. The Morgan fingerprint density at radius 1 is 1.19 bits per heavy atom. The molecule has 0 saturated heterocycles. The summed E-state index contributed by atoms with van der Waals surface area (Å²) in [7, 11) is 0. The number of carbonyl (C=O) groups excluding carboxylic acids is 2. The Balaban J connectivity index is -0.000000232. The van der Waals surface area contributed by atoms with Gasteiger partial charge in [-0.2, -0.15) is 0 Å². The summed E-state index contributed by atoms with van der Waals surface area (Å²) in [5.41, 5.74) is 0. The molecule has 0 aromatic carbocycles. The van der Waals surface area contributed by atoms with Crippen LogP contribution in [0.2, 0.25) is 0 Å². The van der Waals surface area contributed by atoms with Crippen molar-refractivity contribution in [1.29, 1.82) is 0 Å². The Labute approximate surface area is 102 Å². The second-order valence-electron chi connectivity index (χ2n) is 3.13. The van der Waals surface area contributed by atoms with Gasteiger partial charge in [-0.3, -0.25) is 9.59 Å². The molecule has 16 heavy (non-hydrogen) atoms. The lowest BCUT2D eigenvalue weighted by molar-refractivity contribution is -0.125. The first kappa shape index (κ1) is 17.5. The van der Waals surface area contributed by atoms with Crippen LogP contribution in [0.15, 0.2) is 0 Å². The van der Waals surface area contributed by atoms with E-state index in [9.17, 15) is 9.59 Å². The van der Waals surface area contributed by atoms with Gasteiger partial charge >= 0.3 is 0 Å². The van der Waals surface area contributed by atoms with Crippen molar-refractivity contribution >= 4 is 11.7 Å². The zero-order valence-corrected chi connectivity index (χ0v) is 11.1. The largest absolute Gasteiger partial charge is 0.349 e. The Bertz CT molecular complexity index is 191. The first-order valence-electron chi connectivity index (χ1n) is 6.19. The van der Waals surface area contributed by atoms with E-state index in [1.54, 1.807) is 6.92 Å². The molecule has 0 heterocycles. The quantitative estimate of drug-likeness (QED) is 0.631. The summed E-state index contributed by atoms with van der Waals surface area (Å²) in [5.74, 6) is 0.0368. The summed E-state index contributed by atoms with van der Waals surface area (Å²) < 4.78 is 0. The summed E-state index contributed by atoms with van der Waals surface area (Å²) in [6, 6.07) is 0. The molecule has 0 radical (unpaired) electrons. The van der Waals surface area contributed by atoms with E-state index < -0.39 is 0 Å². The lowest BCUT2D eigenvalue weighted by Gasteiger charge is -2.03. The molecule has 0 rings (SSSR count). The van der Waals surface area contributed by atoms with Gasteiger partial charge in [0.1, 0.15) is 0 Å². The predicted octanol–water partition coefficient (Wildman–Crippen LogP) is 1.99. The van der Waals surface area contributed by atoms with Crippen LogP contribution in [-0.2, 0) is 9.59 Å². The monoisotopic (exact) mass is 234 g/mol. The fourth-order valence-electron chi connectivity index (χ4n) is 0.961. The minimum absolute atomic E-state index is 0. The van der Waals surface area contributed by atoms with Crippen LogP contribution < -0.4 is 10.6 Å². The lowest BCUT2D eigenvalue weighted by Crippen LogP contribution is -2.29. The molecule has 0 atom stereocenters. The topological polar surface area (TPSA) is 58.2 Å². The van der Waals surface area contributed by atoms with Gasteiger partial charge in [0.2, 0.25) is 5.91 Å². The Kier molecular flexibility index (Phi) is 15.4. The SMILES string of the molecule is CC.CCNCCCC(=O)NCC(=O)CC.[HH].[HH]. The van der Waals surface area contributed by atoms with Crippen molar-refractivity contribution in [3.8, 4) is 0 Å². The second-order valence-corrected chi connectivity index (χ2v) is 3.13. The standard InChI is InChI=1S/C10H20N2O2.C2H6.2H2/c1-3-9(13)8-12-10(14)6-5-7-11-4-2;1-2;;/h11H,3-8H2,1-2H3,(H,12,14);1-2H3;2*1H. The van der Waals surface area contributed by atoms with Crippen molar-refractivity contribution in [3.05, 3.63) is 0 Å². The third-order valence-electron chi connectivity index (χ3n) is 1.88. The maximum absolute atomic E-state index is 11.1. The van der Waals surface area contributed by atoms with Crippen LogP contribution in [0.5, 0.6) is 0 Å².